The highest BCUT2D eigenvalue weighted by Gasteiger charge is 2.72. The molecule has 7 aliphatic carbocycles. The molecule has 4 saturated carbocycles. The zero-order valence-electron chi connectivity index (χ0n) is 7.29. The standard InChI is InChI=1S/C12H14/c1-2-6-5(1)11-9-7-3-4-8(9)10(7)12(6)11/h5-7,9,11-12H,1-4H2. The Morgan fingerprint density at radius 3 is 2.42 bits per heavy atom. The molecule has 12 heavy (non-hydrogen) atoms. The van der Waals surface area contributed by atoms with E-state index in [1.807, 2.05) is 11.1 Å². The minimum Gasteiger partial charge on any atom is -0.0664 e. The molecular formula is C12H14. The quantitative estimate of drug-likeness (QED) is 0.475. The molecule has 0 saturated heterocycles. The van der Waals surface area contributed by atoms with Gasteiger partial charge in [-0.15, -0.1) is 0 Å². The molecule has 62 valence electrons. The highest BCUT2D eigenvalue weighted by atomic mass is 14.8. The van der Waals surface area contributed by atoms with Gasteiger partial charge in [-0.1, -0.05) is 11.1 Å². The maximum atomic E-state index is 2.02. The molecule has 0 aromatic carbocycles. The summed E-state index contributed by atoms with van der Waals surface area (Å²) in [5.74, 6) is 7.09. The number of fused-ring (bicyclic) bond motifs is 2. The van der Waals surface area contributed by atoms with E-state index < -0.39 is 0 Å². The predicted octanol–water partition coefficient (Wildman–Crippen LogP) is 2.61. The van der Waals surface area contributed by atoms with E-state index in [0.29, 0.717) is 0 Å². The van der Waals surface area contributed by atoms with Crippen molar-refractivity contribution in [2.45, 2.75) is 25.7 Å². The van der Waals surface area contributed by atoms with Gasteiger partial charge in [-0.05, 0) is 61.2 Å². The van der Waals surface area contributed by atoms with Gasteiger partial charge in [0.2, 0.25) is 0 Å². The number of rotatable bonds is 0. The number of allylic oxidation sites excluding steroid dienone is 2. The van der Waals surface area contributed by atoms with Crippen LogP contribution in [0, 0.1) is 35.5 Å². The Hall–Kier alpha value is -0.260. The SMILES string of the molecule is C1CC2C3=C1C2C1C2CCC2C31. The first-order valence-electron chi connectivity index (χ1n) is 5.69. The van der Waals surface area contributed by atoms with E-state index in [0.717, 1.165) is 17.8 Å². The summed E-state index contributed by atoms with van der Waals surface area (Å²) in [6.45, 7) is 0. The second-order valence-corrected chi connectivity index (χ2v) is 5.66. The first-order chi connectivity index (χ1) is 5.97. The zero-order chi connectivity index (χ0) is 7.45. The number of hydrogen-bond donors (Lipinski definition) is 0. The average molecular weight is 158 g/mol. The Kier molecular flexibility index (Phi) is 0.603. The normalized spacial score (nSPS) is 68.0. The van der Waals surface area contributed by atoms with Crippen molar-refractivity contribution in [3.05, 3.63) is 11.1 Å². The lowest BCUT2D eigenvalue weighted by Gasteiger charge is -2.56. The Morgan fingerprint density at radius 2 is 1.83 bits per heavy atom. The Balaban J connectivity index is 1.72. The second-order valence-electron chi connectivity index (χ2n) is 5.66. The third-order valence-corrected chi connectivity index (χ3v) is 5.86. The van der Waals surface area contributed by atoms with Crippen molar-refractivity contribution in [1.29, 1.82) is 0 Å². The zero-order valence-corrected chi connectivity index (χ0v) is 7.29. The van der Waals surface area contributed by atoms with Crippen LogP contribution in [0.4, 0.5) is 0 Å². The molecule has 6 atom stereocenters. The van der Waals surface area contributed by atoms with E-state index in [4.69, 9.17) is 0 Å². The summed E-state index contributed by atoms with van der Waals surface area (Å²) in [6.07, 6.45) is 6.25. The molecule has 0 aliphatic heterocycles. The number of hydrogen-bond acceptors (Lipinski definition) is 0. The topological polar surface area (TPSA) is 0 Å². The fourth-order valence-electron chi connectivity index (χ4n) is 5.50. The molecule has 0 heteroatoms. The summed E-state index contributed by atoms with van der Waals surface area (Å²) < 4.78 is 0. The van der Waals surface area contributed by atoms with Gasteiger partial charge in [0.15, 0.2) is 0 Å². The maximum absolute atomic E-state index is 2.02. The van der Waals surface area contributed by atoms with E-state index >= 15 is 0 Å². The van der Waals surface area contributed by atoms with E-state index in [2.05, 4.69) is 0 Å². The van der Waals surface area contributed by atoms with E-state index in [1.54, 1.807) is 19.3 Å². The molecule has 0 heterocycles. The Morgan fingerprint density at radius 1 is 0.917 bits per heavy atom. The van der Waals surface area contributed by atoms with E-state index in [1.165, 1.54) is 24.2 Å². The van der Waals surface area contributed by atoms with Crippen LogP contribution in [0.1, 0.15) is 25.7 Å². The molecule has 7 rings (SSSR count). The molecule has 0 aromatic heterocycles. The predicted molar refractivity (Wildman–Crippen MR) is 46.4 cm³/mol. The summed E-state index contributed by atoms with van der Waals surface area (Å²) in [5.41, 5.74) is 4.00. The highest BCUT2D eigenvalue weighted by molar-refractivity contribution is 5.50. The maximum Gasteiger partial charge on any atom is -0.00974 e. The van der Waals surface area contributed by atoms with Crippen LogP contribution in [0.5, 0.6) is 0 Å². The summed E-state index contributed by atoms with van der Waals surface area (Å²) in [6, 6.07) is 0. The lowest BCUT2D eigenvalue weighted by molar-refractivity contribution is -0.0727. The molecule has 6 unspecified atom stereocenters. The van der Waals surface area contributed by atoms with Gasteiger partial charge >= 0.3 is 0 Å². The van der Waals surface area contributed by atoms with Crippen molar-refractivity contribution in [3.8, 4) is 0 Å². The summed E-state index contributed by atoms with van der Waals surface area (Å²) in [7, 11) is 0. The third-order valence-electron chi connectivity index (χ3n) is 5.86. The third kappa shape index (κ3) is 0.301. The van der Waals surface area contributed by atoms with Gasteiger partial charge in [0.05, 0.1) is 0 Å². The van der Waals surface area contributed by atoms with Crippen LogP contribution in [0.15, 0.2) is 11.1 Å². The van der Waals surface area contributed by atoms with E-state index in [-0.39, 0.29) is 0 Å². The van der Waals surface area contributed by atoms with Crippen LogP contribution in [-0.4, -0.2) is 0 Å². The van der Waals surface area contributed by atoms with Gasteiger partial charge in [-0.3, -0.25) is 0 Å². The molecule has 0 spiro atoms. The molecule has 4 fully saturated rings. The van der Waals surface area contributed by atoms with Gasteiger partial charge in [-0.25, -0.2) is 0 Å². The van der Waals surface area contributed by atoms with E-state index in [9.17, 15) is 0 Å². The molecule has 0 amide bonds. The van der Waals surface area contributed by atoms with Crippen molar-refractivity contribution in [3.63, 3.8) is 0 Å². The fraction of sp³-hybridized carbons (Fsp3) is 0.833. The smallest absolute Gasteiger partial charge is 0.00974 e. The summed E-state index contributed by atoms with van der Waals surface area (Å²) in [4.78, 5) is 0. The fourth-order valence-corrected chi connectivity index (χ4v) is 5.50. The van der Waals surface area contributed by atoms with Crippen LogP contribution in [0.25, 0.3) is 0 Å². The van der Waals surface area contributed by atoms with Crippen molar-refractivity contribution in [2.24, 2.45) is 35.5 Å². The molecule has 4 bridgehead atoms. The minimum atomic E-state index is 1.14. The van der Waals surface area contributed by atoms with Gasteiger partial charge in [0, 0.05) is 0 Å². The van der Waals surface area contributed by atoms with Crippen LogP contribution in [0.3, 0.4) is 0 Å². The molecule has 7 aliphatic rings. The largest absolute Gasteiger partial charge is 0.0664 e. The lowest BCUT2D eigenvalue weighted by atomic mass is 9.48. The minimum absolute atomic E-state index is 1.14. The van der Waals surface area contributed by atoms with Gasteiger partial charge < -0.3 is 0 Å². The van der Waals surface area contributed by atoms with Crippen molar-refractivity contribution >= 4 is 0 Å². The molecule has 0 radical (unpaired) electrons. The van der Waals surface area contributed by atoms with Crippen LogP contribution in [0.2, 0.25) is 0 Å². The highest BCUT2D eigenvalue weighted by Crippen LogP contribution is 2.79. The van der Waals surface area contributed by atoms with Gasteiger partial charge in [-0.2, -0.15) is 0 Å². The first-order valence-corrected chi connectivity index (χ1v) is 5.69. The lowest BCUT2D eigenvalue weighted by Crippen LogP contribution is -2.51. The summed E-state index contributed by atoms with van der Waals surface area (Å²) >= 11 is 0. The van der Waals surface area contributed by atoms with Crippen molar-refractivity contribution in [1.82, 2.24) is 0 Å². The van der Waals surface area contributed by atoms with Crippen LogP contribution >= 0.6 is 0 Å². The summed E-state index contributed by atoms with van der Waals surface area (Å²) in [5, 5.41) is 0. The van der Waals surface area contributed by atoms with Gasteiger partial charge in [0.25, 0.3) is 0 Å². The van der Waals surface area contributed by atoms with Gasteiger partial charge in [0.1, 0.15) is 0 Å². The van der Waals surface area contributed by atoms with Crippen molar-refractivity contribution in [2.75, 3.05) is 0 Å². The van der Waals surface area contributed by atoms with Crippen LogP contribution in [-0.2, 0) is 0 Å². The average Bonchev–Trinajstić information content (AvgIpc) is 2.61. The van der Waals surface area contributed by atoms with Crippen molar-refractivity contribution < 1.29 is 0 Å². The van der Waals surface area contributed by atoms with Crippen LogP contribution < -0.4 is 0 Å². The molecular weight excluding hydrogens is 144 g/mol. The molecule has 0 N–H and O–H groups in total. The Bertz CT molecular complexity index is 325. The monoisotopic (exact) mass is 158 g/mol. The second kappa shape index (κ2) is 1.32. The Labute approximate surface area is 73.0 Å². The first kappa shape index (κ1) is 5.47. The molecule has 0 aromatic rings. The molecule has 0 nitrogen and oxygen atoms in total.